The fourth-order valence-corrected chi connectivity index (χ4v) is 2.38. The number of rotatable bonds is 9. The van der Waals surface area contributed by atoms with Crippen molar-refractivity contribution in [3.63, 3.8) is 0 Å². The average Bonchev–Trinajstić information content (AvgIpc) is 3.06. The number of methoxy groups -OCH3 is 1. The lowest BCUT2D eigenvalue weighted by atomic mass is 10.2. The van der Waals surface area contributed by atoms with Crippen molar-refractivity contribution in [3.8, 4) is 17.2 Å². The van der Waals surface area contributed by atoms with E-state index in [0.717, 1.165) is 30.6 Å². The summed E-state index contributed by atoms with van der Waals surface area (Å²) in [5.41, 5.74) is 0.798. The smallest absolute Gasteiger partial charge is 0.316 e. The molecule has 0 aliphatic rings. The lowest BCUT2D eigenvalue weighted by Crippen LogP contribution is -2.08. The highest BCUT2D eigenvalue weighted by Gasteiger charge is 2.12. The Bertz CT molecular complexity index is 613. The zero-order valence-corrected chi connectivity index (χ0v) is 14.1. The molecule has 0 saturated carbocycles. The summed E-state index contributed by atoms with van der Waals surface area (Å²) in [5, 5.41) is 8.25. The van der Waals surface area contributed by atoms with Crippen LogP contribution < -0.4 is 4.74 Å². The Morgan fingerprint density at radius 2 is 2.00 bits per heavy atom. The molecule has 6 nitrogen and oxygen atoms in total. The van der Waals surface area contributed by atoms with Crippen LogP contribution in [0.1, 0.15) is 26.2 Å². The predicted molar refractivity (Wildman–Crippen MR) is 87.5 cm³/mol. The van der Waals surface area contributed by atoms with Crippen molar-refractivity contribution in [2.45, 2.75) is 31.4 Å². The number of carbonyl (C=O) groups excluding carboxylic acids is 1. The van der Waals surface area contributed by atoms with E-state index in [-0.39, 0.29) is 11.7 Å². The van der Waals surface area contributed by atoms with Crippen LogP contribution in [0.5, 0.6) is 5.75 Å². The van der Waals surface area contributed by atoms with Gasteiger partial charge >= 0.3 is 5.97 Å². The zero-order valence-electron chi connectivity index (χ0n) is 13.3. The number of esters is 1. The fraction of sp³-hybridized carbons (Fsp3) is 0.438. The molecular formula is C16H20N2O4S. The van der Waals surface area contributed by atoms with E-state index in [1.807, 2.05) is 24.3 Å². The molecule has 124 valence electrons. The second-order valence-corrected chi connectivity index (χ2v) is 5.74. The lowest BCUT2D eigenvalue weighted by molar-refractivity contribution is -0.140. The molecule has 0 atom stereocenters. The van der Waals surface area contributed by atoms with Crippen molar-refractivity contribution in [2.24, 2.45) is 0 Å². The van der Waals surface area contributed by atoms with Gasteiger partial charge in [0.25, 0.3) is 5.22 Å². The van der Waals surface area contributed by atoms with Gasteiger partial charge < -0.3 is 13.9 Å². The number of unbranched alkanes of at least 4 members (excludes halogenated alkanes) is 2. The second kappa shape index (κ2) is 9.19. The molecule has 0 saturated heterocycles. The second-order valence-electron chi connectivity index (χ2n) is 4.82. The lowest BCUT2D eigenvalue weighted by Gasteiger charge is -2.02. The molecule has 0 spiro atoms. The number of ether oxygens (including phenoxy) is 2. The quantitative estimate of drug-likeness (QED) is 0.393. The summed E-state index contributed by atoms with van der Waals surface area (Å²) in [7, 11) is 1.61. The summed E-state index contributed by atoms with van der Waals surface area (Å²) < 4.78 is 15.7. The van der Waals surface area contributed by atoms with Gasteiger partial charge in [0.15, 0.2) is 0 Å². The molecule has 0 aliphatic carbocycles. The molecule has 1 aromatic heterocycles. The molecule has 2 aromatic rings. The molecule has 0 bridgehead atoms. The summed E-state index contributed by atoms with van der Waals surface area (Å²) in [6, 6.07) is 7.31. The number of thioether (sulfide) groups is 1. The van der Waals surface area contributed by atoms with Crippen LogP contribution in [0.15, 0.2) is 33.9 Å². The number of carbonyl (C=O) groups is 1. The molecule has 0 radical (unpaired) electrons. The SMILES string of the molecule is CCCCCOC(=O)CSc1nnc(-c2ccc(OC)cc2)o1. The van der Waals surface area contributed by atoms with E-state index in [1.54, 1.807) is 7.11 Å². The molecule has 0 amide bonds. The minimum absolute atomic E-state index is 0.163. The van der Waals surface area contributed by atoms with E-state index in [1.165, 1.54) is 11.8 Å². The van der Waals surface area contributed by atoms with E-state index in [0.29, 0.717) is 17.7 Å². The predicted octanol–water partition coefficient (Wildman–Crippen LogP) is 3.57. The molecule has 0 fully saturated rings. The first kappa shape index (κ1) is 17.3. The number of benzene rings is 1. The Balaban J connectivity index is 1.81. The molecule has 7 heteroatoms. The Morgan fingerprint density at radius 3 is 2.70 bits per heavy atom. The maximum Gasteiger partial charge on any atom is 0.316 e. The van der Waals surface area contributed by atoms with Crippen molar-refractivity contribution in [1.29, 1.82) is 0 Å². The molecule has 23 heavy (non-hydrogen) atoms. The van der Waals surface area contributed by atoms with Crippen LogP contribution in [0.4, 0.5) is 0 Å². The van der Waals surface area contributed by atoms with Crippen LogP contribution in [0.3, 0.4) is 0 Å². The minimum Gasteiger partial charge on any atom is -0.497 e. The summed E-state index contributed by atoms with van der Waals surface area (Å²) >= 11 is 1.18. The van der Waals surface area contributed by atoms with E-state index in [2.05, 4.69) is 17.1 Å². The van der Waals surface area contributed by atoms with Gasteiger partial charge in [-0.25, -0.2) is 0 Å². The van der Waals surface area contributed by atoms with Gasteiger partial charge in [0.1, 0.15) is 11.5 Å². The van der Waals surface area contributed by atoms with Crippen molar-refractivity contribution in [2.75, 3.05) is 19.5 Å². The summed E-state index contributed by atoms with van der Waals surface area (Å²) in [6.45, 7) is 2.57. The highest BCUT2D eigenvalue weighted by Crippen LogP contribution is 2.24. The van der Waals surface area contributed by atoms with E-state index in [9.17, 15) is 4.79 Å². The van der Waals surface area contributed by atoms with E-state index >= 15 is 0 Å². The van der Waals surface area contributed by atoms with E-state index < -0.39 is 0 Å². The van der Waals surface area contributed by atoms with Gasteiger partial charge in [0.05, 0.1) is 13.7 Å². The number of hydrogen-bond acceptors (Lipinski definition) is 7. The van der Waals surface area contributed by atoms with Crippen LogP contribution in [0.2, 0.25) is 0 Å². The molecule has 0 unspecified atom stereocenters. The zero-order chi connectivity index (χ0) is 16.5. The number of aromatic nitrogens is 2. The highest BCUT2D eigenvalue weighted by molar-refractivity contribution is 7.99. The Kier molecular flexibility index (Phi) is 6.93. The van der Waals surface area contributed by atoms with Crippen LogP contribution in [-0.4, -0.2) is 35.6 Å². The number of nitrogens with zero attached hydrogens (tertiary/aromatic N) is 2. The van der Waals surface area contributed by atoms with Crippen LogP contribution in [0.25, 0.3) is 11.5 Å². The summed E-state index contributed by atoms with van der Waals surface area (Å²) in [6.07, 6.45) is 3.06. The standard InChI is InChI=1S/C16H20N2O4S/c1-3-4-5-10-21-14(19)11-23-16-18-17-15(22-16)12-6-8-13(20-2)9-7-12/h6-9H,3-5,10-11H2,1-2H3. The third kappa shape index (κ3) is 5.59. The monoisotopic (exact) mass is 336 g/mol. The van der Waals surface area contributed by atoms with Crippen LogP contribution in [0, 0.1) is 0 Å². The van der Waals surface area contributed by atoms with E-state index in [4.69, 9.17) is 13.9 Å². The van der Waals surface area contributed by atoms with Gasteiger partial charge in [-0.3, -0.25) is 4.79 Å². The van der Waals surface area contributed by atoms with Crippen molar-refractivity contribution >= 4 is 17.7 Å². The third-order valence-electron chi connectivity index (χ3n) is 3.07. The normalized spacial score (nSPS) is 10.5. The van der Waals surface area contributed by atoms with Gasteiger partial charge in [-0.1, -0.05) is 31.5 Å². The molecular weight excluding hydrogens is 316 g/mol. The first-order valence-corrected chi connectivity index (χ1v) is 8.48. The van der Waals surface area contributed by atoms with Gasteiger partial charge in [0, 0.05) is 5.56 Å². The van der Waals surface area contributed by atoms with Crippen LogP contribution >= 0.6 is 11.8 Å². The van der Waals surface area contributed by atoms with Gasteiger partial charge in [0.2, 0.25) is 5.89 Å². The molecule has 1 aromatic carbocycles. The summed E-state index contributed by atoms with van der Waals surface area (Å²) in [4.78, 5) is 11.6. The third-order valence-corrected chi connectivity index (χ3v) is 3.86. The van der Waals surface area contributed by atoms with Crippen molar-refractivity contribution < 1.29 is 18.7 Å². The summed E-state index contributed by atoms with van der Waals surface area (Å²) in [5.74, 6) is 1.06. The van der Waals surface area contributed by atoms with Gasteiger partial charge in [-0.05, 0) is 30.7 Å². The topological polar surface area (TPSA) is 74.5 Å². The largest absolute Gasteiger partial charge is 0.497 e. The van der Waals surface area contributed by atoms with Gasteiger partial charge in [-0.15, -0.1) is 10.2 Å². The first-order valence-electron chi connectivity index (χ1n) is 7.49. The Hall–Kier alpha value is -2.02. The average molecular weight is 336 g/mol. The Labute approximate surface area is 139 Å². The molecule has 2 rings (SSSR count). The first-order chi connectivity index (χ1) is 11.2. The molecule has 0 N–H and O–H groups in total. The Morgan fingerprint density at radius 1 is 1.22 bits per heavy atom. The number of hydrogen-bond donors (Lipinski definition) is 0. The van der Waals surface area contributed by atoms with Crippen molar-refractivity contribution in [3.05, 3.63) is 24.3 Å². The maximum absolute atomic E-state index is 11.6. The van der Waals surface area contributed by atoms with Crippen LogP contribution in [-0.2, 0) is 9.53 Å². The van der Waals surface area contributed by atoms with Crippen molar-refractivity contribution in [1.82, 2.24) is 10.2 Å². The molecule has 1 heterocycles. The minimum atomic E-state index is -0.268. The fourth-order valence-electron chi connectivity index (χ4n) is 1.82. The highest BCUT2D eigenvalue weighted by atomic mass is 32.2. The maximum atomic E-state index is 11.6. The van der Waals surface area contributed by atoms with Gasteiger partial charge in [-0.2, -0.15) is 0 Å². The molecule has 0 aliphatic heterocycles.